The molecule has 82 valence electrons. The van der Waals surface area contributed by atoms with Gasteiger partial charge in [0.05, 0.1) is 0 Å². The van der Waals surface area contributed by atoms with Crippen molar-refractivity contribution in [2.24, 2.45) is 0 Å². The molecule has 0 aliphatic carbocycles. The van der Waals surface area contributed by atoms with Crippen LogP contribution < -0.4 is 5.32 Å². The Morgan fingerprint density at radius 3 is 2.67 bits per heavy atom. The van der Waals surface area contributed by atoms with Gasteiger partial charge < -0.3 is 5.32 Å². The Labute approximate surface area is 94.0 Å². The maximum Gasteiger partial charge on any atom is 0.125 e. The Kier molecular flexibility index (Phi) is 3.57. The first kappa shape index (κ1) is 10.9. The maximum atomic E-state index is 13.1. The molecule has 2 rings (SSSR count). The van der Waals surface area contributed by atoms with Gasteiger partial charge in [-0.25, -0.2) is 4.39 Å². The summed E-state index contributed by atoms with van der Waals surface area (Å²) in [5.41, 5.74) is 0.946. The third-order valence-corrected chi connectivity index (χ3v) is 2.76. The molecule has 15 heavy (non-hydrogen) atoms. The molecule has 0 saturated carbocycles. The summed E-state index contributed by atoms with van der Waals surface area (Å²) in [6, 6.07) is 4.71. The molecule has 1 N–H and O–H groups in total. The highest BCUT2D eigenvalue weighted by atomic mass is 35.5. The van der Waals surface area contributed by atoms with Gasteiger partial charge in [0.2, 0.25) is 0 Å². The standard InChI is InChI=1S/C11H14ClFN2/c12-10-5-9(6-11(13)7-10)8-15-3-1-14-2-4-15/h5-7,14H,1-4,8H2. The summed E-state index contributed by atoms with van der Waals surface area (Å²) in [6.45, 7) is 4.80. The second-order valence-corrected chi connectivity index (χ2v) is 4.24. The number of hydrogen-bond donors (Lipinski definition) is 1. The normalized spacial score (nSPS) is 18.0. The topological polar surface area (TPSA) is 15.3 Å². The van der Waals surface area contributed by atoms with Crippen LogP contribution in [0.5, 0.6) is 0 Å². The molecule has 4 heteroatoms. The monoisotopic (exact) mass is 228 g/mol. The number of rotatable bonds is 2. The predicted octanol–water partition coefficient (Wildman–Crippen LogP) is 1.88. The SMILES string of the molecule is Fc1cc(Cl)cc(CN2CCNCC2)c1. The van der Waals surface area contributed by atoms with Gasteiger partial charge >= 0.3 is 0 Å². The lowest BCUT2D eigenvalue weighted by molar-refractivity contribution is 0.233. The van der Waals surface area contributed by atoms with Crippen molar-refractivity contribution in [2.75, 3.05) is 26.2 Å². The fourth-order valence-electron chi connectivity index (χ4n) is 1.83. The van der Waals surface area contributed by atoms with Crippen LogP contribution in [-0.2, 0) is 6.54 Å². The van der Waals surface area contributed by atoms with Crippen molar-refractivity contribution in [1.29, 1.82) is 0 Å². The van der Waals surface area contributed by atoms with Gasteiger partial charge in [-0.3, -0.25) is 4.90 Å². The van der Waals surface area contributed by atoms with E-state index in [4.69, 9.17) is 11.6 Å². The average Bonchev–Trinajstić information content (AvgIpc) is 2.17. The maximum absolute atomic E-state index is 13.1. The van der Waals surface area contributed by atoms with Crippen molar-refractivity contribution < 1.29 is 4.39 Å². The van der Waals surface area contributed by atoms with Gasteiger partial charge in [-0.05, 0) is 23.8 Å². The minimum atomic E-state index is -0.257. The highest BCUT2D eigenvalue weighted by Gasteiger charge is 2.10. The molecule has 0 spiro atoms. The van der Waals surface area contributed by atoms with Gasteiger partial charge in [0.1, 0.15) is 5.82 Å². The molecular formula is C11H14ClFN2. The van der Waals surface area contributed by atoms with Crippen molar-refractivity contribution in [1.82, 2.24) is 10.2 Å². The molecule has 2 nitrogen and oxygen atoms in total. The molecule has 0 bridgehead atoms. The summed E-state index contributed by atoms with van der Waals surface area (Å²) in [5, 5.41) is 3.75. The summed E-state index contributed by atoms with van der Waals surface area (Å²) in [6.07, 6.45) is 0. The second kappa shape index (κ2) is 4.92. The molecule has 1 heterocycles. The van der Waals surface area contributed by atoms with E-state index < -0.39 is 0 Å². The van der Waals surface area contributed by atoms with Crippen molar-refractivity contribution in [3.05, 3.63) is 34.6 Å². The lowest BCUT2D eigenvalue weighted by atomic mass is 10.2. The van der Waals surface area contributed by atoms with Gasteiger partial charge in [-0.15, -0.1) is 0 Å². The zero-order chi connectivity index (χ0) is 10.7. The van der Waals surface area contributed by atoms with Gasteiger partial charge in [-0.1, -0.05) is 11.6 Å². The molecule has 0 amide bonds. The third-order valence-electron chi connectivity index (χ3n) is 2.54. The van der Waals surface area contributed by atoms with E-state index >= 15 is 0 Å². The van der Waals surface area contributed by atoms with Crippen LogP contribution in [0.4, 0.5) is 4.39 Å². The Morgan fingerprint density at radius 2 is 2.00 bits per heavy atom. The fourth-order valence-corrected chi connectivity index (χ4v) is 2.07. The van der Waals surface area contributed by atoms with E-state index in [2.05, 4.69) is 10.2 Å². The molecule has 1 aliphatic rings. The first-order valence-electron chi connectivity index (χ1n) is 5.12. The van der Waals surface area contributed by atoms with Crippen molar-refractivity contribution in [2.45, 2.75) is 6.54 Å². The number of nitrogens with one attached hydrogen (secondary N) is 1. The van der Waals surface area contributed by atoms with Gasteiger partial charge in [0, 0.05) is 37.7 Å². The lowest BCUT2D eigenvalue weighted by Crippen LogP contribution is -2.42. The van der Waals surface area contributed by atoms with Crippen molar-refractivity contribution in [3.63, 3.8) is 0 Å². The molecule has 1 saturated heterocycles. The minimum absolute atomic E-state index is 0.257. The molecule has 1 aromatic carbocycles. The number of nitrogens with zero attached hydrogens (tertiary/aromatic N) is 1. The zero-order valence-corrected chi connectivity index (χ0v) is 9.23. The minimum Gasteiger partial charge on any atom is -0.314 e. The smallest absolute Gasteiger partial charge is 0.125 e. The van der Waals surface area contributed by atoms with Crippen LogP contribution in [0.1, 0.15) is 5.56 Å². The van der Waals surface area contributed by atoms with Crippen LogP contribution >= 0.6 is 11.6 Å². The molecule has 1 fully saturated rings. The number of piperazine rings is 1. The van der Waals surface area contributed by atoms with Gasteiger partial charge in [-0.2, -0.15) is 0 Å². The molecule has 0 aromatic heterocycles. The van der Waals surface area contributed by atoms with E-state index in [9.17, 15) is 4.39 Å². The summed E-state index contributed by atoms with van der Waals surface area (Å²) in [5.74, 6) is -0.257. The Hall–Kier alpha value is -0.640. The third kappa shape index (κ3) is 3.16. The van der Waals surface area contributed by atoms with E-state index in [1.54, 1.807) is 6.07 Å². The van der Waals surface area contributed by atoms with Crippen LogP contribution in [0.2, 0.25) is 5.02 Å². The van der Waals surface area contributed by atoms with Crippen LogP contribution in [0, 0.1) is 5.82 Å². The average molecular weight is 229 g/mol. The summed E-state index contributed by atoms with van der Waals surface area (Å²) in [4.78, 5) is 2.29. The molecule has 0 radical (unpaired) electrons. The zero-order valence-electron chi connectivity index (χ0n) is 8.47. The Bertz CT molecular complexity index is 317. The van der Waals surface area contributed by atoms with Crippen LogP contribution in [0.15, 0.2) is 18.2 Å². The Balaban J connectivity index is 2.02. The van der Waals surface area contributed by atoms with Crippen LogP contribution in [-0.4, -0.2) is 31.1 Å². The van der Waals surface area contributed by atoms with Gasteiger partial charge in [0.25, 0.3) is 0 Å². The summed E-state index contributed by atoms with van der Waals surface area (Å²) < 4.78 is 13.1. The van der Waals surface area contributed by atoms with Crippen molar-refractivity contribution in [3.8, 4) is 0 Å². The molecule has 1 aromatic rings. The van der Waals surface area contributed by atoms with Crippen molar-refractivity contribution >= 4 is 11.6 Å². The van der Waals surface area contributed by atoms with Gasteiger partial charge in [0.15, 0.2) is 0 Å². The van der Waals surface area contributed by atoms with Crippen LogP contribution in [0.25, 0.3) is 0 Å². The van der Waals surface area contributed by atoms with Crippen LogP contribution in [0.3, 0.4) is 0 Å². The number of halogens is 2. The molecule has 1 aliphatic heterocycles. The second-order valence-electron chi connectivity index (χ2n) is 3.80. The first-order valence-corrected chi connectivity index (χ1v) is 5.50. The highest BCUT2D eigenvalue weighted by molar-refractivity contribution is 6.30. The largest absolute Gasteiger partial charge is 0.314 e. The predicted molar refractivity (Wildman–Crippen MR) is 59.6 cm³/mol. The molecular weight excluding hydrogens is 215 g/mol. The lowest BCUT2D eigenvalue weighted by Gasteiger charge is -2.27. The van der Waals surface area contributed by atoms with E-state index in [1.807, 2.05) is 6.07 Å². The number of hydrogen-bond acceptors (Lipinski definition) is 2. The first-order chi connectivity index (χ1) is 7.24. The quantitative estimate of drug-likeness (QED) is 0.832. The highest BCUT2D eigenvalue weighted by Crippen LogP contribution is 2.15. The van der Waals surface area contributed by atoms with E-state index in [1.165, 1.54) is 6.07 Å². The molecule has 0 unspecified atom stereocenters. The Morgan fingerprint density at radius 1 is 1.27 bits per heavy atom. The van der Waals surface area contributed by atoms with E-state index in [0.29, 0.717) is 5.02 Å². The van der Waals surface area contributed by atoms with E-state index in [0.717, 1.165) is 38.3 Å². The summed E-state index contributed by atoms with van der Waals surface area (Å²) >= 11 is 5.80. The number of benzene rings is 1. The summed E-state index contributed by atoms with van der Waals surface area (Å²) in [7, 11) is 0. The molecule has 0 atom stereocenters. The van der Waals surface area contributed by atoms with E-state index in [-0.39, 0.29) is 5.82 Å². The fraction of sp³-hybridized carbons (Fsp3) is 0.455.